The van der Waals surface area contributed by atoms with Crippen LogP contribution in [0.5, 0.6) is 0 Å². The largest absolute Gasteiger partial charge is 0.392 e. The molecule has 4 heteroatoms. The zero-order chi connectivity index (χ0) is 17.1. The maximum absolute atomic E-state index is 10.8. The number of rotatable bonds is 2. The Morgan fingerprint density at radius 2 is 2.08 bits per heavy atom. The zero-order valence-corrected chi connectivity index (χ0v) is 15.0. The fourth-order valence-electron chi connectivity index (χ4n) is 7.24. The topological polar surface area (TPSA) is 58.9 Å². The first-order valence-electron chi connectivity index (χ1n) is 9.32. The van der Waals surface area contributed by atoms with Crippen molar-refractivity contribution in [3.63, 3.8) is 0 Å². The van der Waals surface area contributed by atoms with Crippen molar-refractivity contribution >= 4 is 0 Å². The second kappa shape index (κ2) is 4.17. The van der Waals surface area contributed by atoms with Gasteiger partial charge in [0.2, 0.25) is 0 Å². The third-order valence-corrected chi connectivity index (χ3v) is 7.49. The molecule has 5 rings (SSSR count). The van der Waals surface area contributed by atoms with Gasteiger partial charge in [-0.15, -0.1) is 0 Å². The molecule has 0 aromatic carbocycles. The Hall–Kier alpha value is -0.680. The molecule has 2 spiro atoms. The molecule has 0 aromatic rings. The highest BCUT2D eigenvalue weighted by Crippen LogP contribution is 2.83. The van der Waals surface area contributed by atoms with Crippen molar-refractivity contribution in [1.29, 1.82) is 0 Å². The predicted octanol–water partition coefficient (Wildman–Crippen LogP) is 2.55. The number of hydrogen-bond acceptors (Lipinski definition) is 4. The van der Waals surface area contributed by atoms with Crippen LogP contribution in [0.4, 0.5) is 0 Å². The van der Waals surface area contributed by atoms with Crippen LogP contribution in [0, 0.1) is 23.2 Å². The maximum Gasteiger partial charge on any atom is 0.164 e. The van der Waals surface area contributed by atoms with E-state index in [9.17, 15) is 10.2 Å². The predicted molar refractivity (Wildman–Crippen MR) is 89.1 cm³/mol. The highest BCUT2D eigenvalue weighted by Gasteiger charge is 2.87. The standard InChI is InChI=1S/C20H28O4/c1-17(2,22)15-12-6-5-9-19-16(23-18(3,4)24-19)14-11(10-21)7-8-13(15)20(12,14)19/h7-8,12-13,15-16,21-22H,5-6,9-10H2,1-4H3/t12-,13-,15-,16+,19+,20-/m1/s1. The second-order valence-corrected chi connectivity index (χ2v) is 9.42. The van der Waals surface area contributed by atoms with Crippen molar-refractivity contribution in [2.45, 2.75) is 70.1 Å². The Balaban J connectivity index is 1.70. The van der Waals surface area contributed by atoms with Gasteiger partial charge in [-0.2, -0.15) is 0 Å². The molecule has 1 heterocycles. The molecule has 0 aromatic heterocycles. The van der Waals surface area contributed by atoms with Gasteiger partial charge in [0.1, 0.15) is 11.7 Å². The summed E-state index contributed by atoms with van der Waals surface area (Å²) in [6.45, 7) is 7.93. The van der Waals surface area contributed by atoms with E-state index in [2.05, 4.69) is 12.2 Å². The molecule has 4 nitrogen and oxygen atoms in total. The average molecular weight is 332 g/mol. The number of ether oxygens (including phenoxy) is 2. The van der Waals surface area contributed by atoms with Crippen molar-refractivity contribution in [3.05, 3.63) is 23.3 Å². The Labute approximate surface area is 143 Å². The van der Waals surface area contributed by atoms with Gasteiger partial charge in [-0.3, -0.25) is 0 Å². The molecular formula is C20H28O4. The first-order valence-corrected chi connectivity index (χ1v) is 9.32. The molecule has 0 unspecified atom stereocenters. The Morgan fingerprint density at radius 3 is 2.75 bits per heavy atom. The molecule has 0 radical (unpaired) electrons. The molecule has 0 bridgehead atoms. The highest BCUT2D eigenvalue weighted by atomic mass is 16.8. The quantitative estimate of drug-likeness (QED) is 0.816. The summed E-state index contributed by atoms with van der Waals surface area (Å²) in [6.07, 6.45) is 7.52. The Bertz CT molecular complexity index is 670. The van der Waals surface area contributed by atoms with Crippen LogP contribution >= 0.6 is 0 Å². The molecule has 3 saturated carbocycles. The molecular weight excluding hydrogens is 304 g/mol. The first kappa shape index (κ1) is 15.6. The summed E-state index contributed by atoms with van der Waals surface area (Å²) in [6, 6.07) is 0. The fraction of sp³-hybridized carbons (Fsp3) is 0.800. The van der Waals surface area contributed by atoms with Crippen LogP contribution < -0.4 is 0 Å². The van der Waals surface area contributed by atoms with Gasteiger partial charge in [-0.05, 0) is 69.4 Å². The van der Waals surface area contributed by atoms with Crippen molar-refractivity contribution < 1.29 is 19.7 Å². The number of hydrogen-bond donors (Lipinski definition) is 2. The Kier molecular flexibility index (Phi) is 2.70. The van der Waals surface area contributed by atoms with E-state index in [-0.39, 0.29) is 35.6 Å². The van der Waals surface area contributed by atoms with Gasteiger partial charge in [-0.25, -0.2) is 0 Å². The minimum Gasteiger partial charge on any atom is -0.392 e. The molecule has 1 aliphatic heterocycles. The minimum atomic E-state index is -0.703. The van der Waals surface area contributed by atoms with Crippen molar-refractivity contribution in [2.75, 3.05) is 6.61 Å². The summed E-state index contributed by atoms with van der Waals surface area (Å²) in [5.74, 6) is 0.346. The van der Waals surface area contributed by atoms with Gasteiger partial charge >= 0.3 is 0 Å². The molecule has 1 saturated heterocycles. The molecule has 4 aliphatic carbocycles. The van der Waals surface area contributed by atoms with Gasteiger partial charge in [0, 0.05) is 5.41 Å². The van der Waals surface area contributed by atoms with E-state index >= 15 is 0 Å². The van der Waals surface area contributed by atoms with Crippen molar-refractivity contribution in [2.24, 2.45) is 23.2 Å². The summed E-state index contributed by atoms with van der Waals surface area (Å²) in [5, 5.41) is 20.7. The molecule has 2 N–H and O–H groups in total. The van der Waals surface area contributed by atoms with E-state index in [1.165, 1.54) is 5.57 Å². The van der Waals surface area contributed by atoms with Gasteiger partial charge in [0.25, 0.3) is 0 Å². The van der Waals surface area contributed by atoms with Crippen LogP contribution in [0.1, 0.15) is 47.0 Å². The van der Waals surface area contributed by atoms with Crippen molar-refractivity contribution in [3.8, 4) is 0 Å². The fourth-order valence-corrected chi connectivity index (χ4v) is 7.24. The second-order valence-electron chi connectivity index (χ2n) is 9.42. The summed E-state index contributed by atoms with van der Waals surface area (Å²) >= 11 is 0. The minimum absolute atomic E-state index is 0.0346. The lowest BCUT2D eigenvalue weighted by molar-refractivity contribution is -0.314. The van der Waals surface area contributed by atoms with Gasteiger partial charge < -0.3 is 19.7 Å². The van der Waals surface area contributed by atoms with Crippen LogP contribution in [-0.4, -0.2) is 39.9 Å². The van der Waals surface area contributed by atoms with E-state index in [4.69, 9.17) is 9.47 Å². The third-order valence-electron chi connectivity index (χ3n) is 7.49. The first-order chi connectivity index (χ1) is 11.2. The smallest absolute Gasteiger partial charge is 0.164 e. The van der Waals surface area contributed by atoms with E-state index < -0.39 is 11.4 Å². The third kappa shape index (κ3) is 1.40. The lowest BCUT2D eigenvalue weighted by Gasteiger charge is -2.79. The maximum atomic E-state index is 10.8. The molecule has 5 aliphatic rings. The van der Waals surface area contributed by atoms with E-state index in [0.717, 1.165) is 24.8 Å². The summed E-state index contributed by atoms with van der Waals surface area (Å²) in [5.41, 5.74) is 1.24. The zero-order valence-electron chi connectivity index (χ0n) is 15.0. The van der Waals surface area contributed by atoms with Gasteiger partial charge in [0.05, 0.1) is 12.2 Å². The SMILES string of the molecule is CC1(C)O[C@H]2C3=C(CO)C=C[C@@H]4[C@H](C(C)(C)O)[C@H]5CCC[C@@]2(O1)[C@@]345. The van der Waals surface area contributed by atoms with Crippen LogP contribution in [0.3, 0.4) is 0 Å². The highest BCUT2D eigenvalue weighted by molar-refractivity contribution is 5.58. The average Bonchev–Trinajstić information content (AvgIpc) is 2.65. The monoisotopic (exact) mass is 332 g/mol. The van der Waals surface area contributed by atoms with Crippen LogP contribution in [0.25, 0.3) is 0 Å². The van der Waals surface area contributed by atoms with Crippen LogP contribution in [-0.2, 0) is 9.47 Å². The lowest BCUT2D eigenvalue weighted by Crippen LogP contribution is -2.84. The van der Waals surface area contributed by atoms with Gasteiger partial charge in [-0.1, -0.05) is 18.6 Å². The summed E-state index contributed by atoms with van der Waals surface area (Å²) in [7, 11) is 0. The number of aliphatic hydroxyl groups excluding tert-OH is 1. The van der Waals surface area contributed by atoms with Crippen molar-refractivity contribution in [1.82, 2.24) is 0 Å². The molecule has 0 amide bonds. The lowest BCUT2D eigenvalue weighted by atomic mass is 9.26. The molecule has 132 valence electrons. The summed E-state index contributed by atoms with van der Waals surface area (Å²) < 4.78 is 12.9. The molecule has 6 atom stereocenters. The number of allylic oxidation sites excluding steroid dienone is 1. The van der Waals surface area contributed by atoms with E-state index in [1.807, 2.05) is 27.7 Å². The molecule has 24 heavy (non-hydrogen) atoms. The van der Waals surface area contributed by atoms with Crippen LogP contribution in [0.2, 0.25) is 0 Å². The van der Waals surface area contributed by atoms with E-state index in [0.29, 0.717) is 5.92 Å². The van der Waals surface area contributed by atoms with Crippen LogP contribution in [0.15, 0.2) is 23.3 Å². The Morgan fingerprint density at radius 1 is 1.33 bits per heavy atom. The molecule has 4 fully saturated rings. The van der Waals surface area contributed by atoms with Gasteiger partial charge in [0.15, 0.2) is 5.79 Å². The van der Waals surface area contributed by atoms with E-state index in [1.54, 1.807) is 0 Å². The normalized spacial score (nSPS) is 50.6. The number of fused-ring (bicyclic) bond motifs is 1. The number of aliphatic hydroxyl groups is 2. The summed E-state index contributed by atoms with van der Waals surface area (Å²) in [4.78, 5) is 0.